The molecule has 0 aliphatic heterocycles. The molecule has 2 rings (SSSR count). The summed E-state index contributed by atoms with van der Waals surface area (Å²) in [5, 5.41) is 8.88. The Morgan fingerprint density at radius 3 is 2.27 bits per heavy atom. The lowest BCUT2D eigenvalue weighted by atomic mass is 10.2. The van der Waals surface area contributed by atoms with Crippen LogP contribution in [0.2, 0.25) is 0 Å². The van der Waals surface area contributed by atoms with E-state index in [1.807, 2.05) is 44.2 Å². The van der Waals surface area contributed by atoms with Gasteiger partial charge in [-0.1, -0.05) is 12.1 Å². The smallest absolute Gasteiger partial charge is 0.247 e. The zero-order chi connectivity index (χ0) is 19.3. The number of amides is 1. The maximum absolute atomic E-state index is 12.8. The molecule has 0 radical (unpaired) electrons. The van der Waals surface area contributed by atoms with E-state index in [0.29, 0.717) is 17.8 Å². The van der Waals surface area contributed by atoms with Crippen molar-refractivity contribution in [2.75, 3.05) is 28.6 Å². The molecule has 0 fully saturated rings. The van der Waals surface area contributed by atoms with Crippen molar-refractivity contribution in [1.82, 2.24) is 0 Å². The van der Waals surface area contributed by atoms with Gasteiger partial charge in [-0.2, -0.15) is 5.26 Å². The molecule has 0 saturated heterocycles. The molecule has 1 amide bonds. The molecule has 0 N–H and O–H groups in total. The predicted molar refractivity (Wildman–Crippen MR) is 103 cm³/mol. The maximum Gasteiger partial charge on any atom is 0.247 e. The van der Waals surface area contributed by atoms with Crippen molar-refractivity contribution in [2.24, 2.45) is 0 Å². The van der Waals surface area contributed by atoms with E-state index in [1.165, 1.54) is 24.3 Å². The van der Waals surface area contributed by atoms with Gasteiger partial charge in [-0.25, -0.2) is 8.42 Å². The number of benzene rings is 2. The second-order valence-corrected chi connectivity index (χ2v) is 7.81. The molecule has 0 spiro atoms. The van der Waals surface area contributed by atoms with E-state index in [4.69, 9.17) is 5.26 Å². The van der Waals surface area contributed by atoms with Crippen molar-refractivity contribution in [2.45, 2.75) is 13.8 Å². The lowest BCUT2D eigenvalue weighted by molar-refractivity contribution is -0.117. The van der Waals surface area contributed by atoms with Gasteiger partial charge in [0.15, 0.2) is 0 Å². The number of rotatable bonds is 6. The van der Waals surface area contributed by atoms with Gasteiger partial charge in [0.1, 0.15) is 6.54 Å². The molecule has 0 heterocycles. The molecule has 0 saturated carbocycles. The van der Waals surface area contributed by atoms with Crippen molar-refractivity contribution in [1.29, 1.82) is 5.26 Å². The zero-order valence-electron chi connectivity index (χ0n) is 15.0. The van der Waals surface area contributed by atoms with Gasteiger partial charge >= 0.3 is 0 Å². The molecule has 6 nitrogen and oxygen atoms in total. The molecule has 26 heavy (non-hydrogen) atoms. The van der Waals surface area contributed by atoms with Crippen LogP contribution in [-0.4, -0.2) is 33.7 Å². The number of sulfonamides is 1. The van der Waals surface area contributed by atoms with Crippen LogP contribution in [0.3, 0.4) is 0 Å². The summed E-state index contributed by atoms with van der Waals surface area (Å²) >= 11 is 0. The fraction of sp³-hybridized carbons (Fsp3) is 0.263. The first kappa shape index (κ1) is 19.5. The zero-order valence-corrected chi connectivity index (χ0v) is 15.8. The minimum absolute atomic E-state index is 0.313. The van der Waals surface area contributed by atoms with Crippen molar-refractivity contribution in [3.63, 3.8) is 0 Å². The molecule has 2 aromatic rings. The molecule has 2 aromatic carbocycles. The Bertz CT molecular complexity index is 931. The molecule has 136 valence electrons. The summed E-state index contributed by atoms with van der Waals surface area (Å²) in [6, 6.07) is 15.6. The van der Waals surface area contributed by atoms with Gasteiger partial charge in [-0.05, 0) is 55.8 Å². The maximum atomic E-state index is 12.8. The SMILES string of the molecule is CCN(C(=O)CN(c1ccc(C#N)cc1)S(C)(=O)=O)c1cccc(C)c1. The van der Waals surface area contributed by atoms with Gasteiger partial charge in [0.05, 0.1) is 23.6 Å². The second kappa shape index (κ2) is 8.02. The van der Waals surface area contributed by atoms with Crippen LogP contribution in [0.1, 0.15) is 18.1 Å². The van der Waals surface area contributed by atoms with Crippen LogP contribution in [-0.2, 0) is 14.8 Å². The highest BCUT2D eigenvalue weighted by Gasteiger charge is 2.24. The lowest BCUT2D eigenvalue weighted by Gasteiger charge is -2.27. The van der Waals surface area contributed by atoms with Gasteiger partial charge in [0.2, 0.25) is 15.9 Å². The lowest BCUT2D eigenvalue weighted by Crippen LogP contribution is -2.42. The van der Waals surface area contributed by atoms with Crippen molar-refractivity contribution in [3.8, 4) is 6.07 Å². The van der Waals surface area contributed by atoms with Crippen LogP contribution in [0, 0.1) is 18.3 Å². The normalized spacial score (nSPS) is 10.8. The van der Waals surface area contributed by atoms with Gasteiger partial charge in [0, 0.05) is 12.2 Å². The fourth-order valence-corrected chi connectivity index (χ4v) is 3.46. The Hall–Kier alpha value is -2.85. The second-order valence-electron chi connectivity index (χ2n) is 5.91. The molecular weight excluding hydrogens is 350 g/mol. The molecule has 7 heteroatoms. The Morgan fingerprint density at radius 2 is 1.77 bits per heavy atom. The summed E-state index contributed by atoms with van der Waals surface area (Å²) in [5.74, 6) is -0.326. The number of nitrogens with zero attached hydrogens (tertiary/aromatic N) is 3. The summed E-state index contributed by atoms with van der Waals surface area (Å²) in [5.41, 5.74) is 2.51. The Labute approximate surface area is 154 Å². The van der Waals surface area contributed by atoms with Gasteiger partial charge in [0.25, 0.3) is 0 Å². The van der Waals surface area contributed by atoms with Crippen LogP contribution in [0.25, 0.3) is 0 Å². The molecule has 0 unspecified atom stereocenters. The topological polar surface area (TPSA) is 81.5 Å². The molecule has 0 atom stereocenters. The third kappa shape index (κ3) is 4.61. The predicted octanol–water partition coefficient (Wildman–Crippen LogP) is 2.69. The summed E-state index contributed by atoms with van der Waals surface area (Å²) in [6.45, 7) is 3.88. The number of anilines is 2. The Morgan fingerprint density at radius 1 is 1.12 bits per heavy atom. The van der Waals surface area contributed by atoms with Crippen molar-refractivity contribution in [3.05, 3.63) is 59.7 Å². The van der Waals surface area contributed by atoms with Crippen molar-refractivity contribution >= 4 is 27.3 Å². The van der Waals surface area contributed by atoms with E-state index in [0.717, 1.165) is 21.8 Å². The number of hydrogen-bond acceptors (Lipinski definition) is 4. The molecular formula is C19H21N3O3S. The average molecular weight is 371 g/mol. The van der Waals surface area contributed by atoms with Crippen molar-refractivity contribution < 1.29 is 13.2 Å². The first-order chi connectivity index (χ1) is 12.3. The fourth-order valence-electron chi connectivity index (χ4n) is 2.61. The van der Waals surface area contributed by atoms with Gasteiger partial charge < -0.3 is 4.90 Å². The van der Waals surface area contributed by atoms with E-state index >= 15 is 0 Å². The van der Waals surface area contributed by atoms with Crippen LogP contribution in [0.5, 0.6) is 0 Å². The largest absolute Gasteiger partial charge is 0.311 e. The number of carbonyl (C=O) groups excluding carboxylic acids is 1. The number of hydrogen-bond donors (Lipinski definition) is 0. The molecule has 0 aromatic heterocycles. The van der Waals surface area contributed by atoms with E-state index in [1.54, 1.807) is 4.90 Å². The van der Waals surface area contributed by atoms with Crippen LogP contribution in [0.4, 0.5) is 11.4 Å². The van der Waals surface area contributed by atoms with E-state index in [9.17, 15) is 13.2 Å². The van der Waals surface area contributed by atoms with Crippen LogP contribution >= 0.6 is 0 Å². The summed E-state index contributed by atoms with van der Waals surface area (Å²) < 4.78 is 25.5. The molecule has 0 aliphatic rings. The monoisotopic (exact) mass is 371 g/mol. The number of likely N-dealkylation sites (N-methyl/N-ethyl adjacent to an activating group) is 1. The molecule has 0 aliphatic carbocycles. The highest BCUT2D eigenvalue weighted by molar-refractivity contribution is 7.92. The number of nitriles is 1. The first-order valence-electron chi connectivity index (χ1n) is 8.11. The molecule has 0 bridgehead atoms. The van der Waals surface area contributed by atoms with E-state index in [2.05, 4.69) is 0 Å². The Balaban J connectivity index is 2.32. The number of carbonyl (C=O) groups is 1. The summed E-state index contributed by atoms with van der Waals surface area (Å²) in [6.07, 6.45) is 1.06. The highest BCUT2D eigenvalue weighted by Crippen LogP contribution is 2.21. The summed E-state index contributed by atoms with van der Waals surface area (Å²) in [7, 11) is -3.66. The Kier molecular flexibility index (Phi) is 6.01. The average Bonchev–Trinajstić information content (AvgIpc) is 2.59. The van der Waals surface area contributed by atoms with Gasteiger partial charge in [-0.15, -0.1) is 0 Å². The third-order valence-electron chi connectivity index (χ3n) is 3.89. The minimum Gasteiger partial charge on any atom is -0.311 e. The van der Waals surface area contributed by atoms with Gasteiger partial charge in [-0.3, -0.25) is 9.10 Å². The number of aryl methyl sites for hydroxylation is 1. The summed E-state index contributed by atoms with van der Waals surface area (Å²) in [4.78, 5) is 14.4. The van der Waals surface area contributed by atoms with E-state index < -0.39 is 10.0 Å². The standard InChI is InChI=1S/C19H21N3O3S/c1-4-21(18-7-5-6-15(2)12-18)19(23)14-22(26(3,24)25)17-10-8-16(13-20)9-11-17/h5-12H,4,14H2,1-3H3. The minimum atomic E-state index is -3.66. The van der Waals surface area contributed by atoms with E-state index in [-0.39, 0.29) is 12.5 Å². The highest BCUT2D eigenvalue weighted by atomic mass is 32.2. The van der Waals surface area contributed by atoms with Crippen LogP contribution < -0.4 is 9.21 Å². The van der Waals surface area contributed by atoms with Crippen LogP contribution in [0.15, 0.2) is 48.5 Å². The first-order valence-corrected chi connectivity index (χ1v) is 9.96. The quantitative estimate of drug-likeness (QED) is 0.782. The third-order valence-corrected chi connectivity index (χ3v) is 5.03.